The molecular formula is C13H20N2O2. The molecular weight excluding hydrogens is 216 g/mol. The molecule has 1 aromatic rings. The zero-order valence-electron chi connectivity index (χ0n) is 10.6. The van der Waals surface area contributed by atoms with Gasteiger partial charge in [0.1, 0.15) is 0 Å². The third kappa shape index (κ3) is 4.15. The van der Waals surface area contributed by atoms with Crippen LogP contribution in [0.1, 0.15) is 26.3 Å². The maximum Gasteiger partial charge on any atom is 0.273 e. The summed E-state index contributed by atoms with van der Waals surface area (Å²) in [5.74, 6) is 1.19. The molecule has 1 rings (SSSR count). The van der Waals surface area contributed by atoms with Crippen LogP contribution in [-0.4, -0.2) is 11.5 Å². The first kappa shape index (κ1) is 13.6. The summed E-state index contributed by atoms with van der Waals surface area (Å²) in [6.07, 6.45) is 0. The number of rotatable bonds is 6. The normalized spacial score (nSPS) is 12.7. The Balaban J connectivity index is 2.55. The van der Waals surface area contributed by atoms with Gasteiger partial charge in [0.15, 0.2) is 0 Å². The molecule has 1 atom stereocenters. The lowest BCUT2D eigenvalue weighted by Crippen LogP contribution is -2.24. The van der Waals surface area contributed by atoms with Crippen molar-refractivity contribution in [3.63, 3.8) is 0 Å². The van der Waals surface area contributed by atoms with Crippen LogP contribution in [0.5, 0.6) is 0 Å². The highest BCUT2D eigenvalue weighted by Gasteiger charge is 2.12. The largest absolute Gasteiger partial charge is 0.312 e. The average Bonchev–Trinajstić information content (AvgIpc) is 2.29. The number of nitro benzene ring substituents is 1. The standard InChI is InChI=1S/C13H20N2O2/c1-10(2)11(3)8-14-9-12-6-4-5-7-13(12)15(16)17/h4-7,10-11,14H,8-9H2,1-3H3. The second-order valence-electron chi connectivity index (χ2n) is 4.74. The quantitative estimate of drug-likeness (QED) is 0.610. The van der Waals surface area contributed by atoms with Crippen LogP contribution in [0.15, 0.2) is 24.3 Å². The van der Waals surface area contributed by atoms with Gasteiger partial charge in [-0.05, 0) is 18.4 Å². The number of nitrogens with one attached hydrogen (secondary N) is 1. The molecule has 17 heavy (non-hydrogen) atoms. The Morgan fingerprint density at radius 3 is 2.53 bits per heavy atom. The van der Waals surface area contributed by atoms with Crippen LogP contribution < -0.4 is 5.32 Å². The highest BCUT2D eigenvalue weighted by molar-refractivity contribution is 5.39. The van der Waals surface area contributed by atoms with E-state index in [4.69, 9.17) is 0 Å². The molecule has 0 aliphatic heterocycles. The molecule has 1 unspecified atom stereocenters. The van der Waals surface area contributed by atoms with E-state index in [1.807, 2.05) is 6.07 Å². The van der Waals surface area contributed by atoms with Crippen molar-refractivity contribution in [1.29, 1.82) is 0 Å². The summed E-state index contributed by atoms with van der Waals surface area (Å²) in [6, 6.07) is 6.86. The summed E-state index contributed by atoms with van der Waals surface area (Å²) < 4.78 is 0. The molecule has 1 N–H and O–H groups in total. The van der Waals surface area contributed by atoms with Crippen LogP contribution in [0.25, 0.3) is 0 Å². The van der Waals surface area contributed by atoms with Crippen molar-refractivity contribution in [2.45, 2.75) is 27.3 Å². The van der Waals surface area contributed by atoms with Gasteiger partial charge in [0, 0.05) is 18.2 Å². The van der Waals surface area contributed by atoms with E-state index in [0.717, 1.165) is 12.1 Å². The van der Waals surface area contributed by atoms with Gasteiger partial charge >= 0.3 is 0 Å². The van der Waals surface area contributed by atoms with Crippen LogP contribution in [0.3, 0.4) is 0 Å². The molecule has 4 nitrogen and oxygen atoms in total. The molecule has 0 heterocycles. The maximum absolute atomic E-state index is 10.8. The summed E-state index contributed by atoms with van der Waals surface area (Å²) >= 11 is 0. The predicted octanol–water partition coefficient (Wildman–Crippen LogP) is 2.98. The first-order valence-electron chi connectivity index (χ1n) is 5.95. The summed E-state index contributed by atoms with van der Waals surface area (Å²) in [6.45, 7) is 7.96. The van der Waals surface area contributed by atoms with Gasteiger partial charge in [-0.25, -0.2) is 0 Å². The maximum atomic E-state index is 10.8. The van der Waals surface area contributed by atoms with Crippen molar-refractivity contribution in [2.75, 3.05) is 6.54 Å². The Kier molecular flexibility index (Phi) is 5.10. The first-order valence-corrected chi connectivity index (χ1v) is 5.95. The van der Waals surface area contributed by atoms with E-state index >= 15 is 0 Å². The minimum atomic E-state index is -0.330. The number of nitrogens with zero attached hydrogens (tertiary/aromatic N) is 1. The van der Waals surface area contributed by atoms with Crippen molar-refractivity contribution >= 4 is 5.69 Å². The number of nitro groups is 1. The van der Waals surface area contributed by atoms with E-state index in [0.29, 0.717) is 18.4 Å². The Labute approximate surface area is 102 Å². The van der Waals surface area contributed by atoms with Crippen molar-refractivity contribution in [3.8, 4) is 0 Å². The van der Waals surface area contributed by atoms with Gasteiger partial charge < -0.3 is 5.32 Å². The number of hydrogen-bond acceptors (Lipinski definition) is 3. The average molecular weight is 236 g/mol. The monoisotopic (exact) mass is 236 g/mol. The van der Waals surface area contributed by atoms with Gasteiger partial charge in [-0.15, -0.1) is 0 Å². The lowest BCUT2D eigenvalue weighted by atomic mass is 9.98. The van der Waals surface area contributed by atoms with Crippen LogP contribution in [0.2, 0.25) is 0 Å². The molecule has 0 aromatic heterocycles. The minimum Gasteiger partial charge on any atom is -0.312 e. The van der Waals surface area contributed by atoms with E-state index in [1.165, 1.54) is 0 Å². The molecule has 94 valence electrons. The number of hydrogen-bond donors (Lipinski definition) is 1. The summed E-state index contributed by atoms with van der Waals surface area (Å²) in [4.78, 5) is 10.5. The molecule has 4 heteroatoms. The molecule has 0 saturated carbocycles. The zero-order valence-corrected chi connectivity index (χ0v) is 10.6. The van der Waals surface area contributed by atoms with Gasteiger partial charge in [0.05, 0.1) is 4.92 Å². The topological polar surface area (TPSA) is 55.2 Å². The number of benzene rings is 1. The molecule has 0 radical (unpaired) electrons. The second kappa shape index (κ2) is 6.35. The molecule has 0 aliphatic rings. The Hall–Kier alpha value is -1.42. The van der Waals surface area contributed by atoms with Gasteiger partial charge in [-0.2, -0.15) is 0 Å². The van der Waals surface area contributed by atoms with E-state index in [2.05, 4.69) is 26.1 Å². The SMILES string of the molecule is CC(C)C(C)CNCc1ccccc1[N+](=O)[O-]. The summed E-state index contributed by atoms with van der Waals surface area (Å²) in [5.41, 5.74) is 0.936. The highest BCUT2D eigenvalue weighted by atomic mass is 16.6. The fraction of sp³-hybridized carbons (Fsp3) is 0.538. The molecule has 1 aromatic carbocycles. The summed E-state index contributed by atoms with van der Waals surface area (Å²) in [5, 5.41) is 14.1. The smallest absolute Gasteiger partial charge is 0.273 e. The van der Waals surface area contributed by atoms with E-state index in [9.17, 15) is 10.1 Å². The van der Waals surface area contributed by atoms with E-state index in [-0.39, 0.29) is 10.6 Å². The molecule has 0 amide bonds. The fourth-order valence-electron chi connectivity index (χ4n) is 1.51. The molecule has 0 fully saturated rings. The van der Waals surface area contributed by atoms with Crippen LogP contribution in [0.4, 0.5) is 5.69 Å². The lowest BCUT2D eigenvalue weighted by molar-refractivity contribution is -0.385. The molecule has 0 saturated heterocycles. The second-order valence-corrected chi connectivity index (χ2v) is 4.74. The molecule has 0 aliphatic carbocycles. The van der Waals surface area contributed by atoms with Crippen LogP contribution in [0, 0.1) is 22.0 Å². The molecule has 0 bridgehead atoms. The Bertz CT molecular complexity index is 377. The zero-order chi connectivity index (χ0) is 12.8. The van der Waals surface area contributed by atoms with Gasteiger partial charge in [0.25, 0.3) is 5.69 Å². The van der Waals surface area contributed by atoms with Crippen LogP contribution >= 0.6 is 0 Å². The van der Waals surface area contributed by atoms with Crippen molar-refractivity contribution in [1.82, 2.24) is 5.32 Å². The first-order chi connectivity index (χ1) is 8.02. The van der Waals surface area contributed by atoms with E-state index in [1.54, 1.807) is 18.2 Å². The third-order valence-corrected chi connectivity index (χ3v) is 3.11. The van der Waals surface area contributed by atoms with Gasteiger partial charge in [-0.1, -0.05) is 39.0 Å². The van der Waals surface area contributed by atoms with Crippen molar-refractivity contribution < 1.29 is 4.92 Å². The van der Waals surface area contributed by atoms with Crippen molar-refractivity contribution in [2.24, 2.45) is 11.8 Å². The fourth-order valence-corrected chi connectivity index (χ4v) is 1.51. The lowest BCUT2D eigenvalue weighted by Gasteiger charge is -2.16. The predicted molar refractivity (Wildman–Crippen MR) is 68.8 cm³/mol. The summed E-state index contributed by atoms with van der Waals surface area (Å²) in [7, 11) is 0. The number of para-hydroxylation sites is 1. The minimum absolute atomic E-state index is 0.192. The highest BCUT2D eigenvalue weighted by Crippen LogP contribution is 2.17. The molecule has 0 spiro atoms. The van der Waals surface area contributed by atoms with Crippen molar-refractivity contribution in [3.05, 3.63) is 39.9 Å². The Morgan fingerprint density at radius 1 is 1.29 bits per heavy atom. The van der Waals surface area contributed by atoms with Gasteiger partial charge in [0.2, 0.25) is 0 Å². The van der Waals surface area contributed by atoms with E-state index < -0.39 is 0 Å². The van der Waals surface area contributed by atoms with Gasteiger partial charge in [-0.3, -0.25) is 10.1 Å². The Morgan fingerprint density at radius 2 is 1.94 bits per heavy atom. The van der Waals surface area contributed by atoms with Crippen LogP contribution in [-0.2, 0) is 6.54 Å². The third-order valence-electron chi connectivity index (χ3n) is 3.11.